The molecule has 1 fully saturated rings. The van der Waals surface area contributed by atoms with Crippen molar-refractivity contribution in [2.24, 2.45) is 0 Å². The summed E-state index contributed by atoms with van der Waals surface area (Å²) in [6, 6.07) is 14.4. The van der Waals surface area contributed by atoms with Crippen molar-refractivity contribution >= 4 is 22.6 Å². The highest BCUT2D eigenvalue weighted by Crippen LogP contribution is 2.30. The molecule has 0 radical (unpaired) electrons. The molecular weight excluding hydrogens is 316 g/mol. The highest BCUT2D eigenvalue weighted by Gasteiger charge is 2.29. The number of rotatable bonds is 8. The fourth-order valence-corrected chi connectivity index (χ4v) is 3.10. The minimum Gasteiger partial charge on any atom is -0.480 e. The van der Waals surface area contributed by atoms with E-state index in [0.717, 1.165) is 19.4 Å². The molecule has 5 nitrogen and oxygen atoms in total. The second-order valence-electron chi connectivity index (χ2n) is 6.72. The van der Waals surface area contributed by atoms with Crippen LogP contribution in [-0.4, -0.2) is 40.5 Å². The number of aliphatic carboxylic acids is 1. The van der Waals surface area contributed by atoms with Crippen molar-refractivity contribution in [3.8, 4) is 0 Å². The van der Waals surface area contributed by atoms with E-state index in [4.69, 9.17) is 5.11 Å². The van der Waals surface area contributed by atoms with Crippen LogP contribution in [0.3, 0.4) is 0 Å². The number of carboxylic acids is 1. The molecule has 1 saturated carbocycles. The Morgan fingerprint density at radius 2 is 1.92 bits per heavy atom. The van der Waals surface area contributed by atoms with Crippen molar-refractivity contribution in [3.63, 3.8) is 0 Å². The monoisotopic (exact) mass is 340 g/mol. The Hall–Kier alpha value is -2.40. The van der Waals surface area contributed by atoms with Crippen LogP contribution in [0.5, 0.6) is 0 Å². The van der Waals surface area contributed by atoms with Crippen LogP contribution in [0.25, 0.3) is 10.8 Å². The maximum atomic E-state index is 12.0. The summed E-state index contributed by atoms with van der Waals surface area (Å²) in [5, 5.41) is 13.9. The van der Waals surface area contributed by atoms with E-state index in [1.807, 2.05) is 12.1 Å². The van der Waals surface area contributed by atoms with Crippen molar-refractivity contribution < 1.29 is 14.7 Å². The lowest BCUT2D eigenvalue weighted by molar-refractivity contribution is -0.141. The molecule has 2 N–H and O–H groups in total. The molecule has 1 atom stereocenters. The Kier molecular flexibility index (Phi) is 5.34. The standard InChI is InChI=1S/C20H24N2O3/c1-14(20(24)25)21-19(23)11-12-22(17-9-10-17)13-16-7-4-6-15-5-2-3-8-18(15)16/h2-8,14,17H,9-13H2,1H3,(H,21,23)(H,24,25). The molecule has 5 heteroatoms. The van der Waals surface area contributed by atoms with Gasteiger partial charge in [-0.1, -0.05) is 42.5 Å². The van der Waals surface area contributed by atoms with Gasteiger partial charge in [0.05, 0.1) is 0 Å². The van der Waals surface area contributed by atoms with E-state index in [9.17, 15) is 9.59 Å². The van der Waals surface area contributed by atoms with E-state index >= 15 is 0 Å². The highest BCUT2D eigenvalue weighted by molar-refractivity contribution is 5.85. The molecule has 1 amide bonds. The summed E-state index contributed by atoms with van der Waals surface area (Å²) in [4.78, 5) is 25.1. The van der Waals surface area contributed by atoms with Crippen LogP contribution in [0.15, 0.2) is 42.5 Å². The largest absolute Gasteiger partial charge is 0.480 e. The molecule has 0 aromatic heterocycles. The number of hydrogen-bond donors (Lipinski definition) is 2. The van der Waals surface area contributed by atoms with Gasteiger partial charge in [-0.05, 0) is 36.1 Å². The third kappa shape index (κ3) is 4.57. The minimum absolute atomic E-state index is 0.210. The average Bonchev–Trinajstić information content (AvgIpc) is 3.43. The van der Waals surface area contributed by atoms with Gasteiger partial charge in [0.25, 0.3) is 0 Å². The van der Waals surface area contributed by atoms with Crippen molar-refractivity contribution in [2.45, 2.75) is 44.8 Å². The highest BCUT2D eigenvalue weighted by atomic mass is 16.4. The second-order valence-corrected chi connectivity index (χ2v) is 6.72. The smallest absolute Gasteiger partial charge is 0.325 e. The van der Waals surface area contributed by atoms with Gasteiger partial charge in [0.15, 0.2) is 0 Å². The lowest BCUT2D eigenvalue weighted by Gasteiger charge is -2.23. The summed E-state index contributed by atoms with van der Waals surface area (Å²) in [7, 11) is 0. The summed E-state index contributed by atoms with van der Waals surface area (Å²) in [6.45, 7) is 2.94. The first-order valence-electron chi connectivity index (χ1n) is 8.77. The molecule has 25 heavy (non-hydrogen) atoms. The van der Waals surface area contributed by atoms with Crippen molar-refractivity contribution in [3.05, 3.63) is 48.0 Å². The Morgan fingerprint density at radius 3 is 2.64 bits per heavy atom. The number of nitrogens with zero attached hydrogens (tertiary/aromatic N) is 1. The van der Waals surface area contributed by atoms with Crippen molar-refractivity contribution in [1.29, 1.82) is 0 Å². The number of nitrogens with one attached hydrogen (secondary N) is 1. The van der Waals surface area contributed by atoms with Crippen LogP contribution in [0.1, 0.15) is 31.7 Å². The van der Waals surface area contributed by atoms with Crippen LogP contribution in [-0.2, 0) is 16.1 Å². The Morgan fingerprint density at radius 1 is 1.20 bits per heavy atom. The molecule has 132 valence electrons. The van der Waals surface area contributed by atoms with E-state index in [1.165, 1.54) is 23.3 Å². The zero-order valence-corrected chi connectivity index (χ0v) is 14.4. The SMILES string of the molecule is CC(NC(=O)CCN(Cc1cccc2ccccc12)C1CC1)C(=O)O. The predicted molar refractivity (Wildman–Crippen MR) is 97.2 cm³/mol. The Balaban J connectivity index is 1.64. The van der Waals surface area contributed by atoms with Gasteiger partial charge in [0.1, 0.15) is 6.04 Å². The Bertz CT molecular complexity index is 765. The van der Waals surface area contributed by atoms with Crippen LogP contribution in [0.4, 0.5) is 0 Å². The van der Waals surface area contributed by atoms with E-state index < -0.39 is 12.0 Å². The van der Waals surface area contributed by atoms with Gasteiger partial charge in [0, 0.05) is 25.6 Å². The van der Waals surface area contributed by atoms with Gasteiger partial charge in [-0.15, -0.1) is 0 Å². The van der Waals surface area contributed by atoms with Crippen LogP contribution >= 0.6 is 0 Å². The van der Waals surface area contributed by atoms with E-state index in [2.05, 4.69) is 40.5 Å². The second kappa shape index (κ2) is 7.66. The summed E-state index contributed by atoms with van der Waals surface area (Å²) in [6.07, 6.45) is 2.65. The lowest BCUT2D eigenvalue weighted by atomic mass is 10.0. The number of hydrogen-bond acceptors (Lipinski definition) is 3. The number of carbonyl (C=O) groups excluding carboxylic acids is 1. The van der Waals surface area contributed by atoms with E-state index in [-0.39, 0.29) is 5.91 Å². The van der Waals surface area contributed by atoms with Gasteiger partial charge in [-0.25, -0.2) is 0 Å². The molecule has 1 unspecified atom stereocenters. The first kappa shape index (κ1) is 17.4. The normalized spacial score (nSPS) is 15.3. The van der Waals surface area contributed by atoms with Gasteiger partial charge in [-0.2, -0.15) is 0 Å². The van der Waals surface area contributed by atoms with Crippen molar-refractivity contribution in [1.82, 2.24) is 10.2 Å². The molecule has 0 bridgehead atoms. The number of benzene rings is 2. The molecule has 2 aromatic carbocycles. The molecule has 1 aliphatic rings. The van der Waals surface area contributed by atoms with Gasteiger partial charge < -0.3 is 10.4 Å². The molecule has 2 aromatic rings. The van der Waals surface area contributed by atoms with Crippen LogP contribution in [0.2, 0.25) is 0 Å². The number of fused-ring (bicyclic) bond motifs is 1. The first-order valence-corrected chi connectivity index (χ1v) is 8.77. The lowest BCUT2D eigenvalue weighted by Crippen LogP contribution is -2.40. The minimum atomic E-state index is -1.01. The van der Waals surface area contributed by atoms with E-state index in [0.29, 0.717) is 19.0 Å². The molecular formula is C20H24N2O3. The maximum absolute atomic E-state index is 12.0. The number of carboxylic acid groups (broad SMARTS) is 1. The summed E-state index contributed by atoms with van der Waals surface area (Å²) in [5.41, 5.74) is 1.27. The molecule has 0 heterocycles. The predicted octanol–water partition coefficient (Wildman–Crippen LogP) is 2.78. The third-order valence-corrected chi connectivity index (χ3v) is 4.69. The molecule has 1 aliphatic carbocycles. The quantitative estimate of drug-likeness (QED) is 0.775. The number of carbonyl (C=O) groups is 2. The topological polar surface area (TPSA) is 69.6 Å². The Labute approximate surface area is 147 Å². The molecule has 0 aliphatic heterocycles. The molecule has 0 saturated heterocycles. The summed E-state index contributed by atoms with van der Waals surface area (Å²) in [5.74, 6) is -1.22. The summed E-state index contributed by atoms with van der Waals surface area (Å²) >= 11 is 0. The zero-order valence-electron chi connectivity index (χ0n) is 14.4. The third-order valence-electron chi connectivity index (χ3n) is 4.69. The van der Waals surface area contributed by atoms with E-state index in [1.54, 1.807) is 0 Å². The fourth-order valence-electron chi connectivity index (χ4n) is 3.10. The summed E-state index contributed by atoms with van der Waals surface area (Å²) < 4.78 is 0. The van der Waals surface area contributed by atoms with Crippen LogP contribution in [0, 0.1) is 0 Å². The van der Waals surface area contributed by atoms with Gasteiger partial charge in [0.2, 0.25) is 5.91 Å². The number of amides is 1. The van der Waals surface area contributed by atoms with Crippen LogP contribution < -0.4 is 5.32 Å². The zero-order chi connectivity index (χ0) is 17.8. The molecule has 0 spiro atoms. The fraction of sp³-hybridized carbons (Fsp3) is 0.400. The van der Waals surface area contributed by atoms with Gasteiger partial charge >= 0.3 is 5.97 Å². The first-order chi connectivity index (χ1) is 12.0. The maximum Gasteiger partial charge on any atom is 0.325 e. The van der Waals surface area contributed by atoms with Crippen molar-refractivity contribution in [2.75, 3.05) is 6.54 Å². The van der Waals surface area contributed by atoms with Gasteiger partial charge in [-0.3, -0.25) is 14.5 Å². The molecule has 3 rings (SSSR count). The average molecular weight is 340 g/mol.